The molecular weight excluding hydrogens is 303 g/mol. The molecule has 0 aliphatic heterocycles. The first-order valence-electron chi connectivity index (χ1n) is 7.15. The van der Waals surface area contributed by atoms with Gasteiger partial charge in [0.1, 0.15) is 5.82 Å². The van der Waals surface area contributed by atoms with Crippen molar-refractivity contribution in [3.8, 4) is 0 Å². The monoisotopic (exact) mass is 320 g/mol. The summed E-state index contributed by atoms with van der Waals surface area (Å²) >= 11 is 0. The average molecular weight is 320 g/mol. The number of carboxylic acid groups (broad SMARTS) is 1. The molecule has 1 aromatic heterocycles. The molecule has 2 aromatic rings. The molecule has 122 valence electrons. The lowest BCUT2D eigenvalue weighted by atomic mass is 10.0. The van der Waals surface area contributed by atoms with Gasteiger partial charge in [-0.1, -0.05) is 18.2 Å². The first-order valence-corrected chi connectivity index (χ1v) is 7.15. The highest BCUT2D eigenvalue weighted by molar-refractivity contribution is 5.94. The summed E-state index contributed by atoms with van der Waals surface area (Å²) in [4.78, 5) is 22.8. The fraction of sp³-hybridized carbons (Fsp3) is 0.312. The number of ether oxygens (including phenoxy) is 1. The third-order valence-electron chi connectivity index (χ3n) is 3.29. The molecule has 1 atom stereocenters. The van der Waals surface area contributed by atoms with Crippen molar-refractivity contribution in [2.45, 2.75) is 19.9 Å². The van der Waals surface area contributed by atoms with Crippen LogP contribution in [0.5, 0.6) is 0 Å². The van der Waals surface area contributed by atoms with E-state index in [0.717, 1.165) is 0 Å². The third kappa shape index (κ3) is 4.38. The molecule has 1 aromatic carbocycles. The Morgan fingerprint density at radius 1 is 1.39 bits per heavy atom. The quantitative estimate of drug-likeness (QED) is 0.622. The van der Waals surface area contributed by atoms with Crippen LogP contribution in [0.15, 0.2) is 36.7 Å². The van der Waals surface area contributed by atoms with E-state index in [9.17, 15) is 14.0 Å². The summed E-state index contributed by atoms with van der Waals surface area (Å²) in [5.74, 6) is -3.63. The first kappa shape index (κ1) is 16.7. The second-order valence-corrected chi connectivity index (χ2v) is 4.98. The molecule has 0 amide bonds. The van der Waals surface area contributed by atoms with Gasteiger partial charge in [0.05, 0.1) is 19.3 Å². The Bertz CT molecular complexity index is 699. The van der Waals surface area contributed by atoms with E-state index in [2.05, 4.69) is 5.10 Å². The number of nitrogens with zero attached hydrogens (tertiary/aromatic N) is 2. The van der Waals surface area contributed by atoms with Gasteiger partial charge in [-0.15, -0.1) is 0 Å². The Balaban J connectivity index is 2.08. The molecule has 23 heavy (non-hydrogen) atoms. The lowest BCUT2D eigenvalue weighted by Crippen LogP contribution is -2.27. The van der Waals surface area contributed by atoms with Crippen molar-refractivity contribution >= 4 is 11.9 Å². The SMILES string of the molecule is CCOC(=O)C(Cc1cnn(Cc2ccccc2F)c1)C(=O)O. The largest absolute Gasteiger partial charge is 0.481 e. The highest BCUT2D eigenvalue weighted by Gasteiger charge is 2.28. The van der Waals surface area contributed by atoms with Gasteiger partial charge in [-0.05, 0) is 25.0 Å². The summed E-state index contributed by atoms with van der Waals surface area (Å²) in [5.41, 5.74) is 1.05. The van der Waals surface area contributed by atoms with Crippen molar-refractivity contribution in [3.63, 3.8) is 0 Å². The zero-order valence-electron chi connectivity index (χ0n) is 12.6. The molecule has 0 saturated heterocycles. The van der Waals surface area contributed by atoms with Crippen LogP contribution >= 0.6 is 0 Å². The first-order chi connectivity index (χ1) is 11.0. The van der Waals surface area contributed by atoms with Gasteiger partial charge < -0.3 is 9.84 Å². The molecule has 0 aliphatic carbocycles. The smallest absolute Gasteiger partial charge is 0.320 e. The highest BCUT2D eigenvalue weighted by atomic mass is 19.1. The van der Waals surface area contributed by atoms with Crippen LogP contribution in [0.3, 0.4) is 0 Å². The summed E-state index contributed by atoms with van der Waals surface area (Å²) in [6.07, 6.45) is 3.04. The van der Waals surface area contributed by atoms with Crippen molar-refractivity contribution < 1.29 is 23.8 Å². The van der Waals surface area contributed by atoms with Crippen LogP contribution in [0.2, 0.25) is 0 Å². The van der Waals surface area contributed by atoms with Crippen LogP contribution in [0, 0.1) is 11.7 Å². The van der Waals surface area contributed by atoms with Gasteiger partial charge in [-0.2, -0.15) is 5.10 Å². The van der Waals surface area contributed by atoms with Crippen LogP contribution in [0.4, 0.5) is 4.39 Å². The predicted octanol–water partition coefficient (Wildman–Crippen LogP) is 1.88. The number of hydrogen-bond acceptors (Lipinski definition) is 4. The van der Waals surface area contributed by atoms with E-state index >= 15 is 0 Å². The van der Waals surface area contributed by atoms with E-state index in [4.69, 9.17) is 9.84 Å². The second kappa shape index (κ2) is 7.53. The third-order valence-corrected chi connectivity index (χ3v) is 3.29. The number of aliphatic carboxylic acids is 1. The Labute approximate surface area is 132 Å². The minimum atomic E-state index is -1.28. The Morgan fingerprint density at radius 3 is 2.78 bits per heavy atom. The molecule has 0 saturated carbocycles. The summed E-state index contributed by atoms with van der Waals surface area (Å²) in [7, 11) is 0. The predicted molar refractivity (Wildman–Crippen MR) is 79.2 cm³/mol. The molecule has 7 heteroatoms. The molecule has 1 heterocycles. The number of aromatic nitrogens is 2. The number of hydrogen-bond donors (Lipinski definition) is 1. The second-order valence-electron chi connectivity index (χ2n) is 4.98. The number of carbonyl (C=O) groups is 2. The maximum absolute atomic E-state index is 13.6. The molecule has 1 unspecified atom stereocenters. The fourth-order valence-electron chi connectivity index (χ4n) is 2.15. The Hall–Kier alpha value is -2.70. The van der Waals surface area contributed by atoms with E-state index < -0.39 is 17.9 Å². The number of rotatable bonds is 7. The number of halogens is 1. The average Bonchev–Trinajstić information content (AvgIpc) is 2.94. The van der Waals surface area contributed by atoms with Gasteiger partial charge >= 0.3 is 11.9 Å². The lowest BCUT2D eigenvalue weighted by Gasteiger charge is -2.09. The lowest BCUT2D eigenvalue weighted by molar-refractivity contribution is -0.158. The van der Waals surface area contributed by atoms with Crippen LogP contribution in [0.25, 0.3) is 0 Å². The maximum Gasteiger partial charge on any atom is 0.320 e. The van der Waals surface area contributed by atoms with E-state index in [0.29, 0.717) is 11.1 Å². The highest BCUT2D eigenvalue weighted by Crippen LogP contribution is 2.13. The van der Waals surface area contributed by atoms with Crippen molar-refractivity contribution in [1.29, 1.82) is 0 Å². The molecule has 2 rings (SSSR count). The van der Waals surface area contributed by atoms with Gasteiger partial charge in [-0.25, -0.2) is 4.39 Å². The molecular formula is C16H17FN2O4. The van der Waals surface area contributed by atoms with Crippen LogP contribution < -0.4 is 0 Å². The number of carboxylic acids is 1. The van der Waals surface area contributed by atoms with Crippen molar-refractivity contribution in [2.75, 3.05) is 6.61 Å². The van der Waals surface area contributed by atoms with Gasteiger partial charge in [0, 0.05) is 11.8 Å². The standard InChI is InChI=1S/C16H17FN2O4/c1-2-23-16(22)13(15(20)21)7-11-8-18-19(9-11)10-12-5-3-4-6-14(12)17/h3-6,8-9,13H,2,7,10H2,1H3,(H,20,21). The zero-order chi connectivity index (χ0) is 16.8. The maximum atomic E-state index is 13.6. The van der Waals surface area contributed by atoms with Gasteiger partial charge in [0.15, 0.2) is 5.92 Å². The number of esters is 1. The van der Waals surface area contributed by atoms with Crippen LogP contribution in [-0.2, 0) is 27.3 Å². The molecule has 0 spiro atoms. The normalized spacial score (nSPS) is 11.9. The summed E-state index contributed by atoms with van der Waals surface area (Å²) < 4.78 is 19.9. The fourth-order valence-corrected chi connectivity index (χ4v) is 2.15. The molecule has 0 fully saturated rings. The number of benzene rings is 1. The molecule has 6 nitrogen and oxygen atoms in total. The minimum Gasteiger partial charge on any atom is -0.481 e. The van der Waals surface area contributed by atoms with Crippen molar-refractivity contribution in [1.82, 2.24) is 9.78 Å². The molecule has 0 bridgehead atoms. The molecule has 0 aliphatic rings. The van der Waals surface area contributed by atoms with Gasteiger partial charge in [0.25, 0.3) is 0 Å². The van der Waals surface area contributed by atoms with E-state index in [1.54, 1.807) is 31.3 Å². The van der Waals surface area contributed by atoms with Gasteiger partial charge in [0.2, 0.25) is 0 Å². The van der Waals surface area contributed by atoms with E-state index in [1.165, 1.54) is 16.9 Å². The van der Waals surface area contributed by atoms with Crippen molar-refractivity contribution in [3.05, 3.63) is 53.6 Å². The Morgan fingerprint density at radius 2 is 2.13 bits per heavy atom. The van der Waals surface area contributed by atoms with E-state index in [1.807, 2.05) is 0 Å². The zero-order valence-corrected chi connectivity index (χ0v) is 12.6. The molecule has 0 radical (unpaired) electrons. The van der Waals surface area contributed by atoms with Crippen LogP contribution in [-0.4, -0.2) is 33.4 Å². The van der Waals surface area contributed by atoms with Crippen molar-refractivity contribution in [2.24, 2.45) is 5.92 Å². The van der Waals surface area contributed by atoms with Gasteiger partial charge in [-0.3, -0.25) is 14.3 Å². The Kier molecular flexibility index (Phi) is 5.46. The molecule has 1 N–H and O–H groups in total. The van der Waals surface area contributed by atoms with Crippen LogP contribution in [0.1, 0.15) is 18.1 Å². The summed E-state index contributed by atoms with van der Waals surface area (Å²) in [6.45, 7) is 1.96. The topological polar surface area (TPSA) is 81.4 Å². The summed E-state index contributed by atoms with van der Waals surface area (Å²) in [6, 6.07) is 6.34. The van der Waals surface area contributed by atoms with E-state index in [-0.39, 0.29) is 25.4 Å². The number of carbonyl (C=O) groups excluding carboxylic acids is 1. The summed E-state index contributed by atoms with van der Waals surface area (Å²) in [5, 5.41) is 13.2. The minimum absolute atomic E-state index is 0.0224.